The van der Waals surface area contributed by atoms with Crippen LogP contribution in [0.15, 0.2) is 47.4 Å². The quantitative estimate of drug-likeness (QED) is 0.726. The van der Waals surface area contributed by atoms with Crippen LogP contribution >= 0.6 is 0 Å². The molecule has 3 aromatic rings. The number of halogens is 1. The first-order valence-corrected chi connectivity index (χ1v) is 8.07. The molecule has 0 saturated carbocycles. The predicted molar refractivity (Wildman–Crippen MR) is 91.6 cm³/mol. The highest BCUT2D eigenvalue weighted by atomic mass is 19.1. The van der Waals surface area contributed by atoms with E-state index in [1.165, 1.54) is 0 Å². The molecule has 0 amide bonds. The maximum Gasteiger partial charge on any atom is 0.261 e. The van der Waals surface area contributed by atoms with Gasteiger partial charge in [0.2, 0.25) is 0 Å². The summed E-state index contributed by atoms with van der Waals surface area (Å²) in [5.74, 6) is 0.450. The van der Waals surface area contributed by atoms with Crippen molar-refractivity contribution in [3.8, 4) is 11.3 Å². The van der Waals surface area contributed by atoms with Crippen LogP contribution in [0.4, 0.5) is 4.39 Å². The van der Waals surface area contributed by atoms with E-state index in [2.05, 4.69) is 9.97 Å². The Morgan fingerprint density at radius 1 is 1.25 bits per heavy atom. The predicted octanol–water partition coefficient (Wildman–Crippen LogP) is 3.38. The van der Waals surface area contributed by atoms with Gasteiger partial charge in [0, 0.05) is 30.6 Å². The van der Waals surface area contributed by atoms with Gasteiger partial charge in [-0.3, -0.25) is 14.3 Å². The van der Waals surface area contributed by atoms with Crippen molar-refractivity contribution in [2.45, 2.75) is 32.5 Å². The molecule has 122 valence electrons. The van der Waals surface area contributed by atoms with E-state index in [-0.39, 0.29) is 11.5 Å². The first-order chi connectivity index (χ1) is 11.4. The van der Waals surface area contributed by atoms with Crippen LogP contribution in [0.1, 0.15) is 19.7 Å². The van der Waals surface area contributed by atoms with Crippen LogP contribution in [0.5, 0.6) is 0 Å². The molecule has 4 rings (SSSR count). The van der Waals surface area contributed by atoms with E-state index in [9.17, 15) is 9.18 Å². The molecule has 4 nitrogen and oxygen atoms in total. The number of hydrogen-bond donors (Lipinski definition) is 0. The Morgan fingerprint density at radius 3 is 2.79 bits per heavy atom. The van der Waals surface area contributed by atoms with Gasteiger partial charge in [-0.05, 0) is 38.1 Å². The molecule has 0 radical (unpaired) electrons. The van der Waals surface area contributed by atoms with Gasteiger partial charge in [-0.25, -0.2) is 9.37 Å². The van der Waals surface area contributed by atoms with Gasteiger partial charge >= 0.3 is 0 Å². The second-order valence-electron chi connectivity index (χ2n) is 6.86. The molecule has 0 spiro atoms. The summed E-state index contributed by atoms with van der Waals surface area (Å²) in [4.78, 5) is 21.7. The van der Waals surface area contributed by atoms with Gasteiger partial charge in [-0.15, -0.1) is 0 Å². The van der Waals surface area contributed by atoms with E-state index in [0.717, 1.165) is 11.3 Å². The van der Waals surface area contributed by atoms with Crippen molar-refractivity contribution < 1.29 is 4.39 Å². The molecule has 24 heavy (non-hydrogen) atoms. The lowest BCUT2D eigenvalue weighted by molar-refractivity contribution is 0.123. The van der Waals surface area contributed by atoms with E-state index in [1.807, 2.05) is 30.3 Å². The second kappa shape index (κ2) is 5.23. The summed E-state index contributed by atoms with van der Waals surface area (Å²) < 4.78 is 15.9. The lowest BCUT2D eigenvalue weighted by Crippen LogP contribution is -2.28. The Kier molecular flexibility index (Phi) is 3.27. The molecule has 0 bridgehead atoms. The van der Waals surface area contributed by atoms with Crippen molar-refractivity contribution in [2.24, 2.45) is 5.92 Å². The van der Waals surface area contributed by atoms with E-state index in [0.29, 0.717) is 29.7 Å². The molecule has 1 unspecified atom stereocenters. The molecule has 0 N–H and O–H groups in total. The van der Waals surface area contributed by atoms with Gasteiger partial charge in [0.1, 0.15) is 11.5 Å². The molecule has 1 aliphatic rings. The van der Waals surface area contributed by atoms with Gasteiger partial charge in [0.25, 0.3) is 5.56 Å². The van der Waals surface area contributed by atoms with Crippen LogP contribution in [-0.4, -0.2) is 20.2 Å². The number of aromatic nitrogens is 3. The zero-order valence-corrected chi connectivity index (χ0v) is 13.7. The van der Waals surface area contributed by atoms with Crippen LogP contribution in [0, 0.1) is 5.92 Å². The van der Waals surface area contributed by atoms with Crippen LogP contribution in [-0.2, 0) is 13.0 Å². The summed E-state index contributed by atoms with van der Waals surface area (Å²) >= 11 is 0. The molecule has 1 aliphatic heterocycles. The number of pyridine rings is 1. The number of nitrogens with zero attached hydrogens (tertiary/aromatic N) is 3. The molecule has 1 aromatic carbocycles. The van der Waals surface area contributed by atoms with Crippen molar-refractivity contribution in [1.82, 2.24) is 14.5 Å². The zero-order chi connectivity index (χ0) is 16.9. The normalized spacial score (nSPS) is 17.2. The Morgan fingerprint density at radius 2 is 2.08 bits per heavy atom. The van der Waals surface area contributed by atoms with Gasteiger partial charge < -0.3 is 0 Å². The minimum absolute atomic E-state index is 0.0886. The average molecular weight is 323 g/mol. The number of rotatable bonds is 2. The average Bonchev–Trinajstić information content (AvgIpc) is 3.00. The standard InChI is InChI=1S/C19H18FN3O/c1-19(2,20)13-10-17-22-16-9-12(15-5-3-4-8-21-15)6-7-14(16)18(24)23(17)11-13/h3-9,13H,10-11H2,1-2H3. The maximum atomic E-state index is 14.3. The smallest absolute Gasteiger partial charge is 0.261 e. The van der Waals surface area contributed by atoms with Crippen molar-refractivity contribution in [1.29, 1.82) is 0 Å². The number of hydrogen-bond acceptors (Lipinski definition) is 3. The first-order valence-electron chi connectivity index (χ1n) is 8.07. The van der Waals surface area contributed by atoms with E-state index >= 15 is 0 Å². The third kappa shape index (κ3) is 2.40. The number of fused-ring (bicyclic) bond motifs is 2. The molecular weight excluding hydrogens is 305 g/mol. The topological polar surface area (TPSA) is 47.8 Å². The van der Waals surface area contributed by atoms with E-state index in [1.54, 1.807) is 30.7 Å². The summed E-state index contributed by atoms with van der Waals surface area (Å²) in [5.41, 5.74) is 0.983. The molecule has 3 heterocycles. The molecule has 1 atom stereocenters. The Balaban J connectivity index is 1.84. The van der Waals surface area contributed by atoms with Crippen molar-refractivity contribution in [3.05, 3.63) is 58.8 Å². The highest BCUT2D eigenvalue weighted by molar-refractivity contribution is 5.83. The fourth-order valence-corrected chi connectivity index (χ4v) is 3.27. The number of benzene rings is 1. The zero-order valence-electron chi connectivity index (χ0n) is 13.7. The Bertz CT molecular complexity index is 974. The highest BCUT2D eigenvalue weighted by Crippen LogP contribution is 2.31. The third-order valence-corrected chi connectivity index (χ3v) is 4.80. The summed E-state index contributed by atoms with van der Waals surface area (Å²) in [7, 11) is 0. The summed E-state index contributed by atoms with van der Waals surface area (Å²) in [6.07, 6.45) is 2.22. The van der Waals surface area contributed by atoms with Crippen molar-refractivity contribution in [3.63, 3.8) is 0 Å². The SMILES string of the molecule is CC(C)(F)C1Cc2nc3cc(-c4ccccn4)ccc3c(=O)n2C1. The molecule has 0 fully saturated rings. The van der Waals surface area contributed by atoms with Gasteiger partial charge in [-0.1, -0.05) is 12.1 Å². The lowest BCUT2D eigenvalue weighted by atomic mass is 9.92. The minimum Gasteiger partial charge on any atom is -0.296 e. The molecular formula is C19H18FN3O. The summed E-state index contributed by atoms with van der Waals surface area (Å²) in [6, 6.07) is 11.3. The van der Waals surface area contributed by atoms with Gasteiger partial charge in [0.15, 0.2) is 0 Å². The largest absolute Gasteiger partial charge is 0.296 e. The maximum absolute atomic E-state index is 14.3. The summed E-state index contributed by atoms with van der Waals surface area (Å²) in [5, 5.41) is 0.566. The fraction of sp³-hybridized carbons (Fsp3) is 0.316. The van der Waals surface area contributed by atoms with Gasteiger partial charge in [-0.2, -0.15) is 0 Å². The molecule has 5 heteroatoms. The lowest BCUT2D eigenvalue weighted by Gasteiger charge is -2.20. The second-order valence-corrected chi connectivity index (χ2v) is 6.86. The van der Waals surface area contributed by atoms with E-state index in [4.69, 9.17) is 0 Å². The van der Waals surface area contributed by atoms with Crippen LogP contribution < -0.4 is 5.56 Å². The van der Waals surface area contributed by atoms with Crippen LogP contribution in [0.3, 0.4) is 0 Å². The highest BCUT2D eigenvalue weighted by Gasteiger charge is 2.36. The van der Waals surface area contributed by atoms with Crippen LogP contribution in [0.25, 0.3) is 22.2 Å². The minimum atomic E-state index is -1.33. The van der Waals surface area contributed by atoms with Crippen molar-refractivity contribution >= 4 is 10.9 Å². The van der Waals surface area contributed by atoms with Gasteiger partial charge in [0.05, 0.1) is 16.6 Å². The van der Waals surface area contributed by atoms with E-state index < -0.39 is 5.67 Å². The molecule has 2 aromatic heterocycles. The molecule has 0 aliphatic carbocycles. The third-order valence-electron chi connectivity index (χ3n) is 4.80. The molecule has 0 saturated heterocycles. The monoisotopic (exact) mass is 323 g/mol. The Hall–Kier alpha value is -2.56. The fourth-order valence-electron chi connectivity index (χ4n) is 3.27. The van der Waals surface area contributed by atoms with Crippen LogP contribution in [0.2, 0.25) is 0 Å². The van der Waals surface area contributed by atoms with Crippen molar-refractivity contribution in [2.75, 3.05) is 0 Å². The number of alkyl halides is 1. The first kappa shape index (κ1) is 15.0. The Labute approximate surface area is 139 Å². The summed E-state index contributed by atoms with van der Waals surface area (Å²) in [6.45, 7) is 3.52.